The highest BCUT2D eigenvalue weighted by atomic mass is 16.2. The molecule has 0 aromatic heterocycles. The number of hydrogen-bond acceptors (Lipinski definition) is 3. The van der Waals surface area contributed by atoms with Crippen molar-refractivity contribution in [2.75, 3.05) is 7.05 Å². The molecule has 0 unspecified atom stereocenters. The van der Waals surface area contributed by atoms with Gasteiger partial charge in [-0.3, -0.25) is 14.4 Å². The topological polar surface area (TPSA) is 69.7 Å². The largest absolute Gasteiger partial charge is 0.353 e. The minimum atomic E-state index is -0.324. The van der Waals surface area contributed by atoms with E-state index in [1.54, 1.807) is 9.80 Å². The third kappa shape index (κ3) is 3.47. The smallest absolute Gasteiger partial charge is 0.245 e. The lowest BCUT2D eigenvalue weighted by Crippen LogP contribution is -2.58. The van der Waals surface area contributed by atoms with Crippen LogP contribution in [0.1, 0.15) is 66.2 Å². The van der Waals surface area contributed by atoms with E-state index >= 15 is 0 Å². The number of rotatable bonds is 6. The van der Waals surface area contributed by atoms with Crippen LogP contribution in [0.3, 0.4) is 0 Å². The molecule has 3 amide bonds. The number of carbonyl (C=O) groups is 3. The minimum absolute atomic E-state index is 0.0395. The summed E-state index contributed by atoms with van der Waals surface area (Å²) in [5.74, 6) is 0.778. The Labute approximate surface area is 156 Å². The highest BCUT2D eigenvalue weighted by Crippen LogP contribution is 2.45. The molecule has 0 radical (unpaired) electrons. The molecule has 0 spiro atoms. The van der Waals surface area contributed by atoms with Crippen LogP contribution in [-0.2, 0) is 14.4 Å². The molecule has 3 aliphatic rings. The lowest BCUT2D eigenvalue weighted by molar-refractivity contribution is -0.145. The van der Waals surface area contributed by atoms with E-state index in [1.165, 1.54) is 0 Å². The second-order valence-electron chi connectivity index (χ2n) is 9.19. The van der Waals surface area contributed by atoms with Gasteiger partial charge in [0.05, 0.1) is 0 Å². The molecule has 3 rings (SSSR count). The second-order valence-corrected chi connectivity index (χ2v) is 9.19. The van der Waals surface area contributed by atoms with E-state index in [4.69, 9.17) is 0 Å². The lowest BCUT2D eigenvalue weighted by Gasteiger charge is -2.44. The van der Waals surface area contributed by atoms with Gasteiger partial charge >= 0.3 is 0 Å². The first kappa shape index (κ1) is 19.2. The summed E-state index contributed by atoms with van der Waals surface area (Å²) in [6, 6.07) is 0.0362. The Hall–Kier alpha value is -1.59. The van der Waals surface area contributed by atoms with Crippen molar-refractivity contribution in [3.63, 3.8) is 0 Å². The van der Waals surface area contributed by atoms with E-state index in [0.29, 0.717) is 18.8 Å². The SMILES string of the molecule is CC(C)N1C(=O)CC[C@H]1C(=O)N(C)C1CC(NC(=O)C(C)(C)C2CC2)C1. The van der Waals surface area contributed by atoms with Gasteiger partial charge in [0, 0.05) is 37.0 Å². The summed E-state index contributed by atoms with van der Waals surface area (Å²) < 4.78 is 0. The zero-order valence-corrected chi connectivity index (χ0v) is 16.7. The fourth-order valence-corrected chi connectivity index (χ4v) is 4.39. The van der Waals surface area contributed by atoms with E-state index in [2.05, 4.69) is 5.32 Å². The molecule has 1 aliphatic heterocycles. The van der Waals surface area contributed by atoms with Crippen molar-refractivity contribution in [3.8, 4) is 0 Å². The number of amides is 3. The maximum absolute atomic E-state index is 12.9. The average molecular weight is 364 g/mol. The van der Waals surface area contributed by atoms with Crippen LogP contribution in [0.25, 0.3) is 0 Å². The molecule has 26 heavy (non-hydrogen) atoms. The van der Waals surface area contributed by atoms with Gasteiger partial charge in [-0.25, -0.2) is 0 Å². The van der Waals surface area contributed by atoms with Crippen molar-refractivity contribution in [1.82, 2.24) is 15.1 Å². The molecular weight excluding hydrogens is 330 g/mol. The molecule has 3 fully saturated rings. The van der Waals surface area contributed by atoms with E-state index in [-0.39, 0.29) is 47.3 Å². The zero-order chi connectivity index (χ0) is 19.2. The molecule has 1 N–H and O–H groups in total. The molecule has 1 saturated heterocycles. The van der Waals surface area contributed by atoms with Crippen molar-refractivity contribution in [1.29, 1.82) is 0 Å². The van der Waals surface area contributed by atoms with Crippen molar-refractivity contribution in [3.05, 3.63) is 0 Å². The van der Waals surface area contributed by atoms with Crippen LogP contribution in [0.5, 0.6) is 0 Å². The summed E-state index contributed by atoms with van der Waals surface area (Å²) >= 11 is 0. The third-order valence-corrected chi connectivity index (χ3v) is 6.62. The molecule has 1 heterocycles. The van der Waals surface area contributed by atoms with E-state index in [0.717, 1.165) is 25.7 Å². The molecule has 6 nitrogen and oxygen atoms in total. The van der Waals surface area contributed by atoms with Gasteiger partial charge in [0.2, 0.25) is 17.7 Å². The first-order chi connectivity index (χ1) is 12.1. The monoisotopic (exact) mass is 363 g/mol. The second kappa shape index (κ2) is 6.86. The highest BCUT2D eigenvalue weighted by molar-refractivity contribution is 5.91. The van der Waals surface area contributed by atoms with Crippen molar-refractivity contribution >= 4 is 17.7 Å². The summed E-state index contributed by atoms with van der Waals surface area (Å²) in [6.07, 6.45) is 4.98. The normalized spacial score (nSPS) is 28.9. The molecule has 0 aromatic carbocycles. The summed E-state index contributed by atoms with van der Waals surface area (Å²) in [5.41, 5.74) is -0.283. The van der Waals surface area contributed by atoms with Gasteiger partial charge < -0.3 is 15.1 Å². The molecule has 6 heteroatoms. The van der Waals surface area contributed by atoms with Crippen molar-refractivity contribution in [2.24, 2.45) is 11.3 Å². The first-order valence-electron chi connectivity index (χ1n) is 10.0. The summed E-state index contributed by atoms with van der Waals surface area (Å²) in [4.78, 5) is 40.9. The van der Waals surface area contributed by atoms with Gasteiger partial charge in [-0.05, 0) is 51.9 Å². The molecule has 0 aromatic rings. The van der Waals surface area contributed by atoms with Gasteiger partial charge in [0.15, 0.2) is 0 Å². The fraction of sp³-hybridized carbons (Fsp3) is 0.850. The lowest BCUT2D eigenvalue weighted by atomic mass is 9.82. The van der Waals surface area contributed by atoms with Crippen LogP contribution < -0.4 is 5.32 Å². The Morgan fingerprint density at radius 3 is 2.35 bits per heavy atom. The number of nitrogens with one attached hydrogen (secondary N) is 1. The number of likely N-dealkylation sites (N-methyl/N-ethyl adjacent to an activating group) is 1. The molecule has 2 saturated carbocycles. The molecule has 0 bridgehead atoms. The fourth-order valence-electron chi connectivity index (χ4n) is 4.39. The van der Waals surface area contributed by atoms with Gasteiger partial charge in [-0.15, -0.1) is 0 Å². The Balaban J connectivity index is 1.50. The Morgan fingerprint density at radius 1 is 1.19 bits per heavy atom. The number of hydrogen-bond donors (Lipinski definition) is 1. The third-order valence-electron chi connectivity index (χ3n) is 6.62. The molecule has 146 valence electrons. The maximum atomic E-state index is 12.9. The Bertz CT molecular complexity index is 591. The van der Waals surface area contributed by atoms with Crippen LogP contribution in [0.2, 0.25) is 0 Å². The molecule has 1 atom stereocenters. The zero-order valence-electron chi connectivity index (χ0n) is 16.7. The van der Waals surface area contributed by atoms with Crippen LogP contribution >= 0.6 is 0 Å². The number of carbonyl (C=O) groups excluding carboxylic acids is 3. The highest BCUT2D eigenvalue weighted by Gasteiger charge is 2.46. The Kier molecular flexibility index (Phi) is 5.06. The van der Waals surface area contributed by atoms with E-state index in [9.17, 15) is 14.4 Å². The standard InChI is InChI=1S/C20H33N3O3/c1-12(2)23-16(8-9-17(23)24)18(25)22(5)15-10-14(11-15)21-19(26)20(3,4)13-6-7-13/h12-16H,6-11H2,1-5H3,(H,21,26)/t14?,15?,16-/m0/s1. The van der Waals surface area contributed by atoms with E-state index < -0.39 is 0 Å². The Morgan fingerprint density at radius 2 is 1.81 bits per heavy atom. The predicted molar refractivity (Wildman–Crippen MR) is 99.2 cm³/mol. The first-order valence-corrected chi connectivity index (χ1v) is 10.0. The van der Waals surface area contributed by atoms with Crippen LogP contribution in [0, 0.1) is 11.3 Å². The quantitative estimate of drug-likeness (QED) is 0.784. The number of nitrogens with zero attached hydrogens (tertiary/aromatic N) is 2. The average Bonchev–Trinajstić information content (AvgIpc) is 3.32. The van der Waals surface area contributed by atoms with Gasteiger partial charge in [-0.2, -0.15) is 0 Å². The van der Waals surface area contributed by atoms with Gasteiger partial charge in [0.1, 0.15) is 6.04 Å². The van der Waals surface area contributed by atoms with E-state index in [1.807, 2.05) is 34.7 Å². The number of likely N-dealkylation sites (tertiary alicyclic amines) is 1. The minimum Gasteiger partial charge on any atom is -0.353 e. The summed E-state index contributed by atoms with van der Waals surface area (Å²) in [7, 11) is 1.83. The summed E-state index contributed by atoms with van der Waals surface area (Å²) in [5, 5.41) is 3.16. The van der Waals surface area contributed by atoms with Crippen LogP contribution in [0.15, 0.2) is 0 Å². The van der Waals surface area contributed by atoms with Crippen molar-refractivity contribution in [2.45, 2.75) is 90.4 Å². The molecule has 2 aliphatic carbocycles. The van der Waals surface area contributed by atoms with Gasteiger partial charge in [-0.1, -0.05) is 13.8 Å². The van der Waals surface area contributed by atoms with Crippen molar-refractivity contribution < 1.29 is 14.4 Å². The van der Waals surface area contributed by atoms with Crippen LogP contribution in [-0.4, -0.2) is 58.7 Å². The summed E-state index contributed by atoms with van der Waals surface area (Å²) in [6.45, 7) is 7.98. The van der Waals surface area contributed by atoms with Crippen LogP contribution in [0.4, 0.5) is 0 Å². The molecular formula is C20H33N3O3. The predicted octanol–water partition coefficient (Wildman–Crippen LogP) is 1.93. The maximum Gasteiger partial charge on any atom is 0.245 e. The van der Waals surface area contributed by atoms with Gasteiger partial charge in [0.25, 0.3) is 0 Å².